The molecule has 126 valence electrons. The molecule has 1 aliphatic heterocycles. The number of aromatic nitrogens is 2. The van der Waals surface area contributed by atoms with Gasteiger partial charge in [0.15, 0.2) is 5.69 Å². The van der Waals surface area contributed by atoms with E-state index >= 15 is 0 Å². The molecule has 0 amide bonds. The van der Waals surface area contributed by atoms with Crippen molar-refractivity contribution in [3.05, 3.63) is 17.7 Å². The Morgan fingerprint density at radius 2 is 2.23 bits per heavy atom. The van der Waals surface area contributed by atoms with Crippen LogP contribution in [0.2, 0.25) is 0 Å². The van der Waals surface area contributed by atoms with Crippen molar-refractivity contribution >= 4 is 10.0 Å². The second-order valence-corrected chi connectivity index (χ2v) is 7.18. The van der Waals surface area contributed by atoms with E-state index in [1.807, 2.05) is 0 Å². The highest BCUT2D eigenvalue weighted by Crippen LogP contribution is 2.30. The smallest absolute Gasteiger partial charge is 0.384 e. The van der Waals surface area contributed by atoms with E-state index in [4.69, 9.17) is 4.74 Å². The molecular weight excluding hydrogens is 323 g/mol. The summed E-state index contributed by atoms with van der Waals surface area (Å²) >= 11 is 0. The van der Waals surface area contributed by atoms with Crippen molar-refractivity contribution in [3.63, 3.8) is 0 Å². The van der Waals surface area contributed by atoms with E-state index in [0.29, 0.717) is 25.2 Å². The molecule has 1 aromatic heterocycles. The fourth-order valence-electron chi connectivity index (χ4n) is 2.33. The maximum absolute atomic E-state index is 12.6. The first-order chi connectivity index (χ1) is 10.2. The minimum atomic E-state index is -4.46. The molecule has 0 spiro atoms. The number of imidazole rings is 1. The lowest BCUT2D eigenvalue weighted by Gasteiger charge is -2.23. The predicted molar refractivity (Wildman–Crippen MR) is 72.7 cm³/mol. The topological polar surface area (TPSA) is 73.2 Å². The number of fused-ring (bicyclic) bond motifs is 1. The third-order valence-electron chi connectivity index (χ3n) is 3.53. The Hall–Kier alpha value is -1.13. The van der Waals surface area contributed by atoms with E-state index in [1.165, 1.54) is 11.7 Å². The first-order valence-electron chi connectivity index (χ1n) is 6.81. The lowest BCUT2D eigenvalue weighted by molar-refractivity contribution is -0.141. The molecule has 0 aliphatic carbocycles. The van der Waals surface area contributed by atoms with Gasteiger partial charge < -0.3 is 9.30 Å². The summed E-state index contributed by atoms with van der Waals surface area (Å²) < 4.78 is 69.8. The normalized spacial score (nSPS) is 19.2. The fourth-order valence-corrected chi connectivity index (χ4v) is 3.35. The van der Waals surface area contributed by atoms with Crippen LogP contribution >= 0.6 is 0 Å². The minimum Gasteiger partial charge on any atom is -0.384 e. The van der Waals surface area contributed by atoms with Gasteiger partial charge in [0.1, 0.15) is 5.82 Å². The molecule has 2 rings (SSSR count). The van der Waals surface area contributed by atoms with Gasteiger partial charge in [0.25, 0.3) is 0 Å². The molecule has 0 radical (unpaired) electrons. The summed E-state index contributed by atoms with van der Waals surface area (Å²) in [6.45, 7) is 0.622. The Morgan fingerprint density at radius 3 is 2.86 bits per heavy atom. The Balaban J connectivity index is 1.94. The first kappa shape index (κ1) is 17.2. The molecule has 1 N–H and O–H groups in total. The zero-order valence-corrected chi connectivity index (χ0v) is 12.9. The molecule has 0 unspecified atom stereocenters. The van der Waals surface area contributed by atoms with E-state index in [-0.39, 0.29) is 24.8 Å². The van der Waals surface area contributed by atoms with Crippen molar-refractivity contribution < 1.29 is 26.3 Å². The summed E-state index contributed by atoms with van der Waals surface area (Å²) in [6, 6.07) is 0. The molecule has 0 saturated carbocycles. The monoisotopic (exact) mass is 341 g/mol. The van der Waals surface area contributed by atoms with Crippen molar-refractivity contribution in [2.24, 2.45) is 5.92 Å². The summed E-state index contributed by atoms with van der Waals surface area (Å²) in [4.78, 5) is 3.59. The molecular formula is C12H18F3N3O3S. The van der Waals surface area contributed by atoms with Crippen LogP contribution in [0.4, 0.5) is 13.2 Å². The number of halogens is 3. The van der Waals surface area contributed by atoms with Crippen LogP contribution in [0, 0.1) is 5.92 Å². The van der Waals surface area contributed by atoms with Gasteiger partial charge in [0.05, 0.1) is 12.4 Å². The average molecular weight is 341 g/mol. The Morgan fingerprint density at radius 1 is 1.50 bits per heavy atom. The van der Waals surface area contributed by atoms with E-state index < -0.39 is 21.9 Å². The lowest BCUT2D eigenvalue weighted by atomic mass is 10.00. The highest BCUT2D eigenvalue weighted by molar-refractivity contribution is 7.89. The molecule has 1 atom stereocenters. The zero-order chi connectivity index (χ0) is 16.4. The molecule has 0 aromatic carbocycles. The number of nitrogens with one attached hydrogen (secondary N) is 1. The van der Waals surface area contributed by atoms with Crippen LogP contribution in [0.1, 0.15) is 17.9 Å². The van der Waals surface area contributed by atoms with Gasteiger partial charge >= 0.3 is 6.18 Å². The Kier molecular flexibility index (Phi) is 5.13. The van der Waals surface area contributed by atoms with Gasteiger partial charge in [-0.2, -0.15) is 13.2 Å². The standard InChI is InChI=1S/C12H18F3N3O3S/c1-21-4-5-22(19,20)16-6-9-2-3-11-17-10(12(13,14)15)8-18(11)7-9/h8-9,16H,2-7H2,1H3/t9-/m0/s1. The second-order valence-electron chi connectivity index (χ2n) is 5.26. The van der Waals surface area contributed by atoms with Crippen molar-refractivity contribution in [1.82, 2.24) is 14.3 Å². The van der Waals surface area contributed by atoms with Crippen LogP contribution in [0.15, 0.2) is 6.20 Å². The summed E-state index contributed by atoms with van der Waals surface area (Å²) in [7, 11) is -2.01. The van der Waals surface area contributed by atoms with Crippen molar-refractivity contribution in [3.8, 4) is 0 Å². The maximum atomic E-state index is 12.6. The summed E-state index contributed by atoms with van der Waals surface area (Å²) in [5.74, 6) is 0.205. The molecule has 22 heavy (non-hydrogen) atoms. The number of rotatable bonds is 6. The fraction of sp³-hybridized carbons (Fsp3) is 0.750. The van der Waals surface area contributed by atoms with Crippen LogP contribution < -0.4 is 4.72 Å². The molecule has 10 heteroatoms. The van der Waals surface area contributed by atoms with Gasteiger partial charge in [-0.25, -0.2) is 18.1 Å². The number of sulfonamides is 1. The molecule has 0 saturated heterocycles. The van der Waals surface area contributed by atoms with Crippen LogP contribution in [-0.2, 0) is 33.9 Å². The number of hydrogen-bond donors (Lipinski definition) is 1. The molecule has 0 bridgehead atoms. The van der Waals surface area contributed by atoms with Gasteiger partial charge in [0, 0.05) is 32.8 Å². The maximum Gasteiger partial charge on any atom is 0.434 e. The molecule has 1 aromatic rings. The highest BCUT2D eigenvalue weighted by Gasteiger charge is 2.35. The predicted octanol–water partition coefficient (Wildman–Crippen LogP) is 1.03. The molecule has 1 aliphatic rings. The van der Waals surface area contributed by atoms with E-state index in [1.54, 1.807) is 0 Å². The molecule has 2 heterocycles. The van der Waals surface area contributed by atoms with E-state index in [2.05, 4.69) is 9.71 Å². The molecule has 6 nitrogen and oxygen atoms in total. The van der Waals surface area contributed by atoms with Gasteiger partial charge in [-0.15, -0.1) is 0 Å². The first-order valence-corrected chi connectivity index (χ1v) is 8.46. The highest BCUT2D eigenvalue weighted by atomic mass is 32.2. The quantitative estimate of drug-likeness (QED) is 0.839. The van der Waals surface area contributed by atoms with Gasteiger partial charge in [0.2, 0.25) is 10.0 Å². The third-order valence-corrected chi connectivity index (χ3v) is 4.84. The molecule has 0 fully saturated rings. The number of methoxy groups -OCH3 is 1. The van der Waals surface area contributed by atoms with Crippen LogP contribution in [0.25, 0.3) is 0 Å². The van der Waals surface area contributed by atoms with Gasteiger partial charge in [-0.3, -0.25) is 0 Å². The van der Waals surface area contributed by atoms with Gasteiger partial charge in [-0.05, 0) is 12.3 Å². The number of ether oxygens (including phenoxy) is 1. The number of alkyl halides is 3. The minimum absolute atomic E-state index is 0.0555. The summed E-state index contributed by atoms with van der Waals surface area (Å²) in [6.07, 6.45) is -2.47. The van der Waals surface area contributed by atoms with E-state index in [0.717, 1.165) is 6.20 Å². The SMILES string of the molecule is COCCS(=O)(=O)NC[C@@H]1CCc2nc(C(F)(F)F)cn2C1. The van der Waals surface area contributed by atoms with Crippen LogP contribution in [-0.4, -0.2) is 44.0 Å². The zero-order valence-electron chi connectivity index (χ0n) is 12.1. The lowest BCUT2D eigenvalue weighted by Crippen LogP contribution is -2.35. The van der Waals surface area contributed by atoms with Crippen molar-refractivity contribution in [2.45, 2.75) is 25.6 Å². The largest absolute Gasteiger partial charge is 0.434 e. The number of aryl methyl sites for hydroxylation is 1. The average Bonchev–Trinajstić information content (AvgIpc) is 2.86. The second kappa shape index (κ2) is 6.55. The summed E-state index contributed by atoms with van der Waals surface area (Å²) in [5, 5.41) is 0. The van der Waals surface area contributed by atoms with Crippen molar-refractivity contribution in [1.29, 1.82) is 0 Å². The summed E-state index contributed by atoms with van der Waals surface area (Å²) in [5.41, 5.74) is -0.899. The Labute approximate surface area is 126 Å². The van der Waals surface area contributed by atoms with Crippen LogP contribution in [0.5, 0.6) is 0 Å². The van der Waals surface area contributed by atoms with Gasteiger partial charge in [-0.1, -0.05) is 0 Å². The third kappa shape index (κ3) is 4.43. The number of hydrogen-bond acceptors (Lipinski definition) is 4. The number of nitrogens with zero attached hydrogens (tertiary/aromatic N) is 2. The Bertz CT molecular complexity index is 613. The van der Waals surface area contributed by atoms with Crippen LogP contribution in [0.3, 0.4) is 0 Å². The van der Waals surface area contributed by atoms with Crippen molar-refractivity contribution in [2.75, 3.05) is 26.0 Å². The van der Waals surface area contributed by atoms with E-state index in [9.17, 15) is 21.6 Å².